The minimum atomic E-state index is -0.0468. The first-order valence-corrected chi connectivity index (χ1v) is 7.84. The first kappa shape index (κ1) is 14.8. The van der Waals surface area contributed by atoms with Crippen LogP contribution in [0.3, 0.4) is 0 Å². The van der Waals surface area contributed by atoms with Gasteiger partial charge in [-0.25, -0.2) is 0 Å². The number of ether oxygens (including phenoxy) is 2. The molecule has 114 valence electrons. The van der Waals surface area contributed by atoms with Crippen LogP contribution in [0.1, 0.15) is 30.7 Å². The Bertz CT molecular complexity index is 485. The normalized spacial score (nSPS) is 27.6. The lowest BCUT2D eigenvalue weighted by Gasteiger charge is -2.10. The summed E-state index contributed by atoms with van der Waals surface area (Å²) in [6.45, 7) is 1.44. The Labute approximate surface area is 129 Å². The van der Waals surface area contributed by atoms with E-state index < -0.39 is 0 Å². The van der Waals surface area contributed by atoms with Gasteiger partial charge in [-0.3, -0.25) is 4.79 Å². The second-order valence-corrected chi connectivity index (χ2v) is 6.15. The van der Waals surface area contributed by atoms with Gasteiger partial charge >= 0.3 is 0 Å². The van der Waals surface area contributed by atoms with Crippen LogP contribution in [-0.2, 0) is 14.3 Å². The highest BCUT2D eigenvalue weighted by molar-refractivity contribution is 6.30. The van der Waals surface area contributed by atoms with E-state index in [4.69, 9.17) is 21.1 Å². The number of rotatable bonds is 6. The van der Waals surface area contributed by atoms with E-state index in [1.807, 2.05) is 24.3 Å². The van der Waals surface area contributed by atoms with Crippen molar-refractivity contribution >= 4 is 17.5 Å². The van der Waals surface area contributed by atoms with Crippen LogP contribution in [0.15, 0.2) is 24.3 Å². The lowest BCUT2D eigenvalue weighted by atomic mass is 10.1. The van der Waals surface area contributed by atoms with Gasteiger partial charge in [-0.2, -0.15) is 0 Å². The van der Waals surface area contributed by atoms with Gasteiger partial charge in [0.15, 0.2) is 0 Å². The maximum atomic E-state index is 11.8. The van der Waals surface area contributed by atoms with E-state index in [1.54, 1.807) is 0 Å². The molecule has 1 saturated carbocycles. The van der Waals surface area contributed by atoms with Gasteiger partial charge in [0, 0.05) is 23.6 Å². The smallest absolute Gasteiger partial charge is 0.246 e. The fourth-order valence-corrected chi connectivity index (χ4v) is 2.87. The zero-order valence-electron chi connectivity index (χ0n) is 11.9. The number of halogens is 1. The fourth-order valence-electron chi connectivity index (χ4n) is 2.74. The number of carbonyl (C=O) groups is 1. The van der Waals surface area contributed by atoms with Gasteiger partial charge in [0.1, 0.15) is 6.61 Å². The molecule has 0 aromatic heterocycles. The first-order chi connectivity index (χ1) is 10.2. The fraction of sp³-hybridized carbons (Fsp3) is 0.562. The maximum Gasteiger partial charge on any atom is 0.246 e. The molecule has 0 bridgehead atoms. The van der Waals surface area contributed by atoms with Gasteiger partial charge in [-0.1, -0.05) is 23.7 Å². The van der Waals surface area contributed by atoms with Crippen LogP contribution in [0.5, 0.6) is 0 Å². The average Bonchev–Trinajstić information content (AvgIpc) is 3.02. The molecule has 4 nitrogen and oxygen atoms in total. The SMILES string of the molecule is O=C(COC[C@@H]1CCCO1)N[C@@H]1C[C@H]1c1ccc(Cl)cc1. The third-order valence-corrected chi connectivity index (χ3v) is 4.25. The van der Waals surface area contributed by atoms with Crippen molar-refractivity contribution in [1.82, 2.24) is 5.32 Å². The molecular weight excluding hydrogens is 290 g/mol. The summed E-state index contributed by atoms with van der Waals surface area (Å²) in [4.78, 5) is 11.8. The molecule has 5 heteroatoms. The highest BCUT2D eigenvalue weighted by atomic mass is 35.5. The summed E-state index contributed by atoms with van der Waals surface area (Å²) in [5, 5.41) is 3.74. The van der Waals surface area contributed by atoms with Crippen molar-refractivity contribution in [3.8, 4) is 0 Å². The Morgan fingerprint density at radius 3 is 2.90 bits per heavy atom. The molecule has 1 aromatic carbocycles. The second-order valence-electron chi connectivity index (χ2n) is 5.72. The third kappa shape index (κ3) is 4.19. The van der Waals surface area contributed by atoms with Crippen LogP contribution in [0, 0.1) is 0 Å². The number of nitrogens with one attached hydrogen (secondary N) is 1. The highest BCUT2D eigenvalue weighted by Gasteiger charge is 2.39. The summed E-state index contributed by atoms with van der Waals surface area (Å²) in [6.07, 6.45) is 3.27. The predicted octanol–water partition coefficient (Wildman–Crippen LogP) is 2.51. The summed E-state index contributed by atoms with van der Waals surface area (Å²) >= 11 is 5.87. The van der Waals surface area contributed by atoms with Crippen molar-refractivity contribution in [2.45, 2.75) is 37.3 Å². The number of amides is 1. The van der Waals surface area contributed by atoms with E-state index in [-0.39, 0.29) is 24.7 Å². The summed E-state index contributed by atoms with van der Waals surface area (Å²) in [5.41, 5.74) is 1.23. The van der Waals surface area contributed by atoms with Crippen LogP contribution in [0.25, 0.3) is 0 Å². The minimum Gasteiger partial charge on any atom is -0.376 e. The molecule has 1 amide bonds. The molecule has 2 aliphatic rings. The van der Waals surface area contributed by atoms with Gasteiger partial charge in [0.2, 0.25) is 5.91 Å². The molecule has 1 saturated heterocycles. The maximum absolute atomic E-state index is 11.8. The molecular formula is C16H20ClNO3. The Kier molecular flexibility index (Phi) is 4.78. The van der Waals surface area contributed by atoms with Crippen molar-refractivity contribution in [3.05, 3.63) is 34.9 Å². The summed E-state index contributed by atoms with van der Waals surface area (Å²) < 4.78 is 10.9. The summed E-state index contributed by atoms with van der Waals surface area (Å²) in [7, 11) is 0. The number of carbonyl (C=O) groups excluding carboxylic acids is 1. The third-order valence-electron chi connectivity index (χ3n) is 4.00. The monoisotopic (exact) mass is 309 g/mol. The van der Waals surface area contributed by atoms with Crippen molar-refractivity contribution in [3.63, 3.8) is 0 Å². The molecule has 1 heterocycles. The zero-order chi connectivity index (χ0) is 14.7. The quantitative estimate of drug-likeness (QED) is 0.878. The van der Waals surface area contributed by atoms with Crippen LogP contribution in [0.2, 0.25) is 5.02 Å². The largest absolute Gasteiger partial charge is 0.376 e. The molecule has 3 rings (SSSR count). The van der Waals surface area contributed by atoms with Crippen molar-refractivity contribution in [2.24, 2.45) is 0 Å². The zero-order valence-corrected chi connectivity index (χ0v) is 12.6. The minimum absolute atomic E-state index is 0.0468. The van der Waals surface area contributed by atoms with E-state index in [0.717, 1.165) is 30.9 Å². The van der Waals surface area contributed by atoms with Gasteiger partial charge in [-0.15, -0.1) is 0 Å². The van der Waals surface area contributed by atoms with Gasteiger partial charge in [0.05, 0.1) is 12.7 Å². The lowest BCUT2D eigenvalue weighted by molar-refractivity contribution is -0.127. The number of benzene rings is 1. The highest BCUT2D eigenvalue weighted by Crippen LogP contribution is 2.40. The molecule has 0 radical (unpaired) electrons. The van der Waals surface area contributed by atoms with Crippen LogP contribution in [0.4, 0.5) is 0 Å². The topological polar surface area (TPSA) is 47.6 Å². The van der Waals surface area contributed by atoms with Crippen molar-refractivity contribution in [2.75, 3.05) is 19.8 Å². The predicted molar refractivity (Wildman–Crippen MR) is 80.5 cm³/mol. The van der Waals surface area contributed by atoms with E-state index >= 15 is 0 Å². The first-order valence-electron chi connectivity index (χ1n) is 7.46. The lowest BCUT2D eigenvalue weighted by Crippen LogP contribution is -2.31. The molecule has 1 aliphatic heterocycles. The van der Waals surface area contributed by atoms with Crippen LogP contribution >= 0.6 is 11.6 Å². The van der Waals surface area contributed by atoms with Gasteiger partial charge < -0.3 is 14.8 Å². The number of hydrogen-bond donors (Lipinski definition) is 1. The van der Waals surface area contributed by atoms with E-state index in [1.165, 1.54) is 5.56 Å². The Hall–Kier alpha value is -1.10. The standard InChI is InChI=1S/C16H20ClNO3/c17-12-5-3-11(4-6-12)14-8-15(14)18-16(19)10-20-9-13-2-1-7-21-13/h3-6,13-15H,1-2,7-10H2,(H,18,19)/t13-,14-,15+/m0/s1. The molecule has 1 aromatic rings. The average molecular weight is 310 g/mol. The van der Waals surface area contributed by atoms with E-state index in [0.29, 0.717) is 12.5 Å². The molecule has 1 N–H and O–H groups in total. The van der Waals surface area contributed by atoms with Gasteiger partial charge in [0.25, 0.3) is 0 Å². The Balaban J connectivity index is 1.35. The Morgan fingerprint density at radius 1 is 1.38 bits per heavy atom. The summed E-state index contributed by atoms with van der Waals surface area (Å²) in [5.74, 6) is 0.360. The Morgan fingerprint density at radius 2 is 2.19 bits per heavy atom. The summed E-state index contributed by atoms with van der Waals surface area (Å²) in [6, 6.07) is 8.04. The van der Waals surface area contributed by atoms with Crippen LogP contribution in [-0.4, -0.2) is 37.9 Å². The molecule has 0 spiro atoms. The van der Waals surface area contributed by atoms with Crippen molar-refractivity contribution < 1.29 is 14.3 Å². The molecule has 3 atom stereocenters. The molecule has 0 unspecified atom stereocenters. The van der Waals surface area contributed by atoms with Crippen LogP contribution < -0.4 is 5.32 Å². The molecule has 1 aliphatic carbocycles. The van der Waals surface area contributed by atoms with E-state index in [2.05, 4.69) is 5.32 Å². The van der Waals surface area contributed by atoms with E-state index in [9.17, 15) is 4.79 Å². The van der Waals surface area contributed by atoms with Gasteiger partial charge in [-0.05, 0) is 37.0 Å². The second kappa shape index (κ2) is 6.77. The molecule has 2 fully saturated rings. The van der Waals surface area contributed by atoms with Crippen molar-refractivity contribution in [1.29, 1.82) is 0 Å². The number of hydrogen-bond acceptors (Lipinski definition) is 3. The molecule has 21 heavy (non-hydrogen) atoms.